The van der Waals surface area contributed by atoms with Gasteiger partial charge in [-0.2, -0.15) is 0 Å². The van der Waals surface area contributed by atoms with E-state index < -0.39 is 11.9 Å². The molecule has 26 heavy (non-hydrogen) atoms. The van der Waals surface area contributed by atoms with Crippen LogP contribution in [-0.2, 0) is 10.2 Å². The number of amides is 3. The number of nitrogens with two attached hydrogens (primary N) is 1. The summed E-state index contributed by atoms with van der Waals surface area (Å²) in [5.74, 6) is -0.469. The van der Waals surface area contributed by atoms with Crippen LogP contribution in [0, 0.1) is 0 Å². The lowest BCUT2D eigenvalue weighted by molar-refractivity contribution is -0.121. The fraction of sp³-hybridized carbons (Fsp3) is 0.444. The van der Waals surface area contributed by atoms with E-state index in [4.69, 9.17) is 5.73 Å². The summed E-state index contributed by atoms with van der Waals surface area (Å²) in [7, 11) is 0. The molecule has 8 heteroatoms. The predicted octanol–water partition coefficient (Wildman–Crippen LogP) is 2.98. The Bertz CT molecular complexity index is 827. The van der Waals surface area contributed by atoms with Crippen LogP contribution in [0.4, 0.5) is 9.93 Å². The minimum Gasteiger partial charge on any atom is -0.368 e. The van der Waals surface area contributed by atoms with Crippen molar-refractivity contribution in [3.8, 4) is 10.4 Å². The van der Waals surface area contributed by atoms with Gasteiger partial charge in [0.2, 0.25) is 5.91 Å². The van der Waals surface area contributed by atoms with Crippen molar-refractivity contribution in [2.75, 3.05) is 11.9 Å². The maximum atomic E-state index is 12.4. The molecule has 2 aromatic heterocycles. The molecule has 0 radical (unpaired) electrons. The van der Waals surface area contributed by atoms with Gasteiger partial charge in [-0.3, -0.25) is 15.1 Å². The lowest BCUT2D eigenvalue weighted by Crippen LogP contribution is -2.45. The van der Waals surface area contributed by atoms with Crippen LogP contribution in [0.15, 0.2) is 24.5 Å². The number of carbonyl (C=O) groups is 2. The van der Waals surface area contributed by atoms with Crippen molar-refractivity contribution < 1.29 is 9.59 Å². The molecule has 7 nitrogen and oxygen atoms in total. The van der Waals surface area contributed by atoms with Crippen LogP contribution < -0.4 is 11.1 Å². The van der Waals surface area contributed by atoms with E-state index in [2.05, 4.69) is 36.1 Å². The third-order valence-corrected chi connectivity index (χ3v) is 5.34. The number of nitrogens with zero attached hydrogens (tertiary/aromatic N) is 3. The Morgan fingerprint density at radius 3 is 2.81 bits per heavy atom. The van der Waals surface area contributed by atoms with Gasteiger partial charge in [-0.05, 0) is 30.5 Å². The maximum Gasteiger partial charge on any atom is 0.324 e. The molecule has 0 spiro atoms. The molecule has 0 aromatic carbocycles. The van der Waals surface area contributed by atoms with Crippen molar-refractivity contribution in [1.29, 1.82) is 0 Å². The smallest absolute Gasteiger partial charge is 0.324 e. The largest absolute Gasteiger partial charge is 0.368 e. The van der Waals surface area contributed by atoms with Crippen molar-refractivity contribution in [1.82, 2.24) is 14.9 Å². The zero-order valence-corrected chi connectivity index (χ0v) is 16.0. The number of rotatable bonds is 3. The van der Waals surface area contributed by atoms with E-state index in [0.29, 0.717) is 18.1 Å². The quantitative estimate of drug-likeness (QED) is 0.863. The van der Waals surface area contributed by atoms with E-state index in [-0.39, 0.29) is 11.4 Å². The van der Waals surface area contributed by atoms with Crippen LogP contribution in [0.5, 0.6) is 0 Å². The van der Waals surface area contributed by atoms with Crippen molar-refractivity contribution in [2.24, 2.45) is 5.73 Å². The van der Waals surface area contributed by atoms with E-state index in [1.54, 1.807) is 12.4 Å². The highest BCUT2D eigenvalue weighted by molar-refractivity contribution is 7.19. The molecule has 3 rings (SSSR count). The molecule has 3 heterocycles. The highest BCUT2D eigenvalue weighted by Gasteiger charge is 2.33. The summed E-state index contributed by atoms with van der Waals surface area (Å²) in [4.78, 5) is 35.0. The van der Waals surface area contributed by atoms with Crippen LogP contribution in [0.1, 0.15) is 39.3 Å². The van der Waals surface area contributed by atoms with Crippen LogP contribution in [0.3, 0.4) is 0 Å². The van der Waals surface area contributed by atoms with Crippen LogP contribution in [0.2, 0.25) is 0 Å². The molecular formula is C18H23N5O2S. The number of primary amides is 1. The molecule has 2 aromatic rings. The molecular weight excluding hydrogens is 350 g/mol. The molecule has 0 unspecified atom stereocenters. The average Bonchev–Trinajstić information content (AvgIpc) is 3.23. The van der Waals surface area contributed by atoms with Crippen molar-refractivity contribution in [2.45, 2.75) is 45.1 Å². The summed E-state index contributed by atoms with van der Waals surface area (Å²) >= 11 is 1.39. The Balaban J connectivity index is 1.74. The summed E-state index contributed by atoms with van der Waals surface area (Å²) in [5, 5.41) is 3.27. The summed E-state index contributed by atoms with van der Waals surface area (Å²) in [6.07, 6.45) is 4.91. The second-order valence-corrected chi connectivity index (χ2v) is 8.42. The first-order valence-corrected chi connectivity index (χ1v) is 9.37. The molecule has 0 saturated carbocycles. The first-order valence-electron chi connectivity index (χ1n) is 8.55. The Morgan fingerprint density at radius 1 is 1.35 bits per heavy atom. The number of anilines is 1. The lowest BCUT2D eigenvalue weighted by atomic mass is 9.91. The average molecular weight is 373 g/mol. The highest BCUT2D eigenvalue weighted by atomic mass is 32.1. The number of hydrogen-bond acceptors (Lipinski definition) is 5. The molecule has 138 valence electrons. The van der Waals surface area contributed by atoms with Gasteiger partial charge in [0, 0.05) is 30.0 Å². The van der Waals surface area contributed by atoms with Gasteiger partial charge in [-0.1, -0.05) is 32.1 Å². The van der Waals surface area contributed by atoms with Crippen LogP contribution in [-0.4, -0.2) is 39.4 Å². The molecule has 1 fully saturated rings. The van der Waals surface area contributed by atoms with Crippen LogP contribution in [0.25, 0.3) is 10.4 Å². The summed E-state index contributed by atoms with van der Waals surface area (Å²) < 4.78 is 0. The molecule has 1 aliphatic heterocycles. The van der Waals surface area contributed by atoms with Crippen molar-refractivity contribution >= 4 is 28.4 Å². The number of thiazole rings is 1. The van der Waals surface area contributed by atoms with Gasteiger partial charge < -0.3 is 10.6 Å². The maximum absolute atomic E-state index is 12.4. The van der Waals surface area contributed by atoms with Crippen molar-refractivity contribution in [3.63, 3.8) is 0 Å². The van der Waals surface area contributed by atoms with Gasteiger partial charge >= 0.3 is 6.03 Å². The number of hydrogen-bond donors (Lipinski definition) is 2. The van der Waals surface area contributed by atoms with Gasteiger partial charge in [0.05, 0.1) is 4.88 Å². The molecule has 1 atom stereocenters. The Labute approximate surface area is 156 Å². The second kappa shape index (κ2) is 7.03. The van der Waals surface area contributed by atoms with E-state index >= 15 is 0 Å². The summed E-state index contributed by atoms with van der Waals surface area (Å²) in [5.41, 5.74) is 7.33. The molecule has 3 amide bonds. The minimum atomic E-state index is -0.538. The first kappa shape index (κ1) is 18.3. The number of likely N-dealkylation sites (tertiary alicyclic amines) is 1. The number of carbonyl (C=O) groups excluding carboxylic acids is 2. The van der Waals surface area contributed by atoms with Crippen LogP contribution >= 0.6 is 11.3 Å². The van der Waals surface area contributed by atoms with Gasteiger partial charge in [0.25, 0.3) is 0 Å². The molecule has 1 saturated heterocycles. The predicted molar refractivity (Wildman–Crippen MR) is 102 cm³/mol. The third-order valence-electron chi connectivity index (χ3n) is 4.37. The standard InChI is InChI=1S/C18H23N5O2S/c1-18(2,3)14-9-11(6-7-20-14)13-10-21-16(26-13)22-17(25)23-8-4-5-12(23)15(19)24/h6-7,9-10,12H,4-5,8H2,1-3H3,(H2,19,24)(H,21,22,25)/t12-/m0/s1. The SMILES string of the molecule is CC(C)(C)c1cc(-c2cnc(NC(=O)N3CCC[C@H]3C(N)=O)s2)ccn1. The third kappa shape index (κ3) is 3.85. The van der Waals surface area contributed by atoms with E-state index in [1.807, 2.05) is 12.1 Å². The first-order chi connectivity index (χ1) is 12.3. The normalized spacial score (nSPS) is 17.3. The van der Waals surface area contributed by atoms with Gasteiger partial charge in [-0.25, -0.2) is 9.78 Å². The Kier molecular flexibility index (Phi) is 4.95. The van der Waals surface area contributed by atoms with Crippen molar-refractivity contribution in [3.05, 3.63) is 30.2 Å². The zero-order valence-electron chi connectivity index (χ0n) is 15.2. The highest BCUT2D eigenvalue weighted by Crippen LogP contribution is 2.31. The second-order valence-electron chi connectivity index (χ2n) is 7.39. The number of nitrogens with one attached hydrogen (secondary N) is 1. The van der Waals surface area contributed by atoms with Gasteiger partial charge in [-0.15, -0.1) is 0 Å². The number of aromatic nitrogens is 2. The molecule has 3 N–H and O–H groups in total. The van der Waals surface area contributed by atoms with E-state index in [0.717, 1.165) is 22.6 Å². The number of urea groups is 1. The van der Waals surface area contributed by atoms with Gasteiger partial charge in [0.1, 0.15) is 6.04 Å². The Morgan fingerprint density at radius 2 is 2.12 bits per heavy atom. The van der Waals surface area contributed by atoms with E-state index in [9.17, 15) is 9.59 Å². The monoisotopic (exact) mass is 373 g/mol. The van der Waals surface area contributed by atoms with Gasteiger partial charge in [0.15, 0.2) is 5.13 Å². The lowest BCUT2D eigenvalue weighted by Gasteiger charge is -2.21. The number of pyridine rings is 1. The zero-order chi connectivity index (χ0) is 18.9. The topological polar surface area (TPSA) is 101 Å². The fourth-order valence-corrected chi connectivity index (χ4v) is 3.73. The minimum absolute atomic E-state index is 0.0444. The summed E-state index contributed by atoms with van der Waals surface area (Å²) in [6, 6.07) is 3.10. The molecule has 0 bridgehead atoms. The Hall–Kier alpha value is -2.48. The summed E-state index contributed by atoms with van der Waals surface area (Å²) in [6.45, 7) is 6.87. The fourth-order valence-electron chi connectivity index (χ4n) is 2.93. The van der Waals surface area contributed by atoms with E-state index in [1.165, 1.54) is 16.2 Å². The molecule has 1 aliphatic rings. The molecule has 0 aliphatic carbocycles.